The average Bonchev–Trinajstić information content (AvgIpc) is 3.08. The molecule has 0 aliphatic carbocycles. The number of nitrogens with one attached hydrogen (secondary N) is 1. The summed E-state index contributed by atoms with van der Waals surface area (Å²) in [5.41, 5.74) is 0. The molecular formula is C44H83N3O. The van der Waals surface area contributed by atoms with Gasteiger partial charge in [0, 0.05) is 25.7 Å². The highest BCUT2D eigenvalue weighted by Gasteiger charge is 2.29. The van der Waals surface area contributed by atoms with Crippen molar-refractivity contribution in [3.63, 3.8) is 0 Å². The SMILES string of the molecule is CCCCCC=CCC=CCCCCCCCCC(CCCCCCCCC=CCC=CCCCCC)NC(O)C1CN(C)CCN1C. The maximum absolute atomic E-state index is 11.2. The number of nitrogens with zero attached hydrogens (tertiary/aromatic N) is 2. The van der Waals surface area contributed by atoms with E-state index in [4.69, 9.17) is 0 Å². The second-order valence-electron chi connectivity index (χ2n) is 14.9. The van der Waals surface area contributed by atoms with E-state index in [9.17, 15) is 5.11 Å². The fourth-order valence-electron chi connectivity index (χ4n) is 6.81. The molecule has 0 aromatic heterocycles. The van der Waals surface area contributed by atoms with Gasteiger partial charge in [0.2, 0.25) is 0 Å². The maximum Gasteiger partial charge on any atom is 0.122 e. The highest BCUT2D eigenvalue weighted by Crippen LogP contribution is 2.17. The molecule has 1 saturated heterocycles. The van der Waals surface area contributed by atoms with Crippen LogP contribution in [0.1, 0.15) is 181 Å². The molecule has 1 rings (SSSR count). The Hall–Kier alpha value is -1.20. The molecule has 2 N–H and O–H groups in total. The summed E-state index contributed by atoms with van der Waals surface area (Å²) in [5.74, 6) is 0. The van der Waals surface area contributed by atoms with E-state index in [0.29, 0.717) is 6.04 Å². The summed E-state index contributed by atoms with van der Waals surface area (Å²) in [6.45, 7) is 7.59. The van der Waals surface area contributed by atoms with E-state index in [1.165, 1.54) is 154 Å². The normalized spacial score (nSPS) is 18.0. The Morgan fingerprint density at radius 3 is 1.38 bits per heavy atom. The van der Waals surface area contributed by atoms with Gasteiger partial charge in [0.1, 0.15) is 6.23 Å². The summed E-state index contributed by atoms with van der Waals surface area (Å²) in [6.07, 6.45) is 51.8. The maximum atomic E-state index is 11.2. The fraction of sp³-hybridized carbons (Fsp3) is 0.818. The van der Waals surface area contributed by atoms with Gasteiger partial charge in [-0.3, -0.25) is 10.2 Å². The Balaban J connectivity index is 2.22. The van der Waals surface area contributed by atoms with Crippen molar-refractivity contribution in [3.8, 4) is 0 Å². The van der Waals surface area contributed by atoms with Crippen LogP contribution in [-0.4, -0.2) is 66.9 Å². The van der Waals surface area contributed by atoms with Gasteiger partial charge in [-0.25, -0.2) is 0 Å². The zero-order valence-corrected chi connectivity index (χ0v) is 32.7. The minimum atomic E-state index is -0.447. The van der Waals surface area contributed by atoms with Gasteiger partial charge in [0.25, 0.3) is 0 Å². The molecule has 0 aromatic carbocycles. The van der Waals surface area contributed by atoms with Crippen LogP contribution in [0.15, 0.2) is 48.6 Å². The van der Waals surface area contributed by atoms with Gasteiger partial charge in [-0.15, -0.1) is 0 Å². The van der Waals surface area contributed by atoms with Crippen molar-refractivity contribution in [2.45, 2.75) is 199 Å². The molecule has 0 radical (unpaired) electrons. The summed E-state index contributed by atoms with van der Waals surface area (Å²) < 4.78 is 0. The van der Waals surface area contributed by atoms with E-state index < -0.39 is 6.23 Å². The topological polar surface area (TPSA) is 38.7 Å². The second-order valence-corrected chi connectivity index (χ2v) is 14.9. The van der Waals surface area contributed by atoms with Crippen molar-refractivity contribution in [3.05, 3.63) is 48.6 Å². The van der Waals surface area contributed by atoms with E-state index in [1.807, 2.05) is 0 Å². The Labute approximate surface area is 301 Å². The molecule has 2 atom stereocenters. The van der Waals surface area contributed by atoms with Crippen molar-refractivity contribution in [1.29, 1.82) is 0 Å². The summed E-state index contributed by atoms with van der Waals surface area (Å²) in [6, 6.07) is 0.607. The van der Waals surface area contributed by atoms with Gasteiger partial charge in [-0.05, 0) is 91.1 Å². The largest absolute Gasteiger partial charge is 0.377 e. The number of unbranched alkanes of at least 4 members (excludes halogenated alkanes) is 18. The molecule has 0 aromatic rings. The minimum absolute atomic E-state index is 0.179. The van der Waals surface area contributed by atoms with Crippen molar-refractivity contribution in [2.24, 2.45) is 0 Å². The van der Waals surface area contributed by atoms with Crippen LogP contribution in [-0.2, 0) is 0 Å². The highest BCUT2D eigenvalue weighted by atomic mass is 16.3. The zero-order chi connectivity index (χ0) is 34.8. The number of hydrogen-bond donors (Lipinski definition) is 2. The van der Waals surface area contributed by atoms with Crippen molar-refractivity contribution >= 4 is 0 Å². The number of aliphatic hydroxyl groups excluding tert-OH is 1. The summed E-state index contributed by atoms with van der Waals surface area (Å²) in [5, 5.41) is 14.9. The molecule has 1 aliphatic heterocycles. The molecule has 1 aliphatic rings. The summed E-state index contributed by atoms with van der Waals surface area (Å²) in [7, 11) is 4.35. The van der Waals surface area contributed by atoms with E-state index >= 15 is 0 Å². The highest BCUT2D eigenvalue weighted by molar-refractivity contribution is 4.93. The molecule has 0 saturated carbocycles. The van der Waals surface area contributed by atoms with E-state index in [-0.39, 0.29) is 6.04 Å². The van der Waals surface area contributed by atoms with Crippen LogP contribution in [0.5, 0.6) is 0 Å². The van der Waals surface area contributed by atoms with E-state index in [1.54, 1.807) is 0 Å². The number of rotatable bonds is 33. The van der Waals surface area contributed by atoms with Crippen LogP contribution < -0.4 is 5.32 Å². The first-order valence-corrected chi connectivity index (χ1v) is 21.0. The standard InChI is InChI=1S/C44H83N3O/c1-5-7-9-11-13-15-17-19-21-23-25-27-29-31-33-35-37-42(45-44(48)43-41-46(3)39-40-47(43)4)38-36-34-32-30-28-26-24-22-20-18-16-14-12-10-8-6-2/h13-16,19-22,42-45,48H,5-12,17-18,23-41H2,1-4H3. The zero-order valence-electron chi connectivity index (χ0n) is 32.7. The van der Waals surface area contributed by atoms with Gasteiger partial charge >= 0.3 is 0 Å². The minimum Gasteiger partial charge on any atom is -0.377 e. The Bertz CT molecular complexity index is 742. The van der Waals surface area contributed by atoms with Gasteiger partial charge in [-0.2, -0.15) is 0 Å². The number of aliphatic hydroxyl groups is 1. The van der Waals surface area contributed by atoms with Gasteiger partial charge in [0.15, 0.2) is 0 Å². The molecule has 4 heteroatoms. The van der Waals surface area contributed by atoms with Gasteiger partial charge in [-0.1, -0.05) is 152 Å². The first-order chi connectivity index (χ1) is 23.6. The number of piperazine rings is 1. The molecule has 2 unspecified atom stereocenters. The number of allylic oxidation sites excluding steroid dienone is 8. The van der Waals surface area contributed by atoms with Gasteiger partial charge in [0.05, 0.1) is 6.04 Å². The van der Waals surface area contributed by atoms with Crippen molar-refractivity contribution < 1.29 is 5.11 Å². The lowest BCUT2D eigenvalue weighted by atomic mass is 9.99. The van der Waals surface area contributed by atoms with E-state index in [2.05, 4.69) is 91.7 Å². The second kappa shape index (κ2) is 34.3. The molecule has 0 spiro atoms. The average molecular weight is 670 g/mol. The number of likely N-dealkylation sites (N-methyl/N-ethyl adjacent to an activating group) is 2. The Kier molecular flexibility index (Phi) is 32.0. The molecule has 280 valence electrons. The van der Waals surface area contributed by atoms with Crippen LogP contribution in [0.2, 0.25) is 0 Å². The van der Waals surface area contributed by atoms with E-state index in [0.717, 1.165) is 32.5 Å². The monoisotopic (exact) mass is 670 g/mol. The van der Waals surface area contributed by atoms with Crippen molar-refractivity contribution in [2.75, 3.05) is 33.7 Å². The van der Waals surface area contributed by atoms with Gasteiger partial charge < -0.3 is 10.0 Å². The summed E-state index contributed by atoms with van der Waals surface area (Å²) >= 11 is 0. The fourth-order valence-corrected chi connectivity index (χ4v) is 6.81. The third kappa shape index (κ3) is 27.6. The number of hydrogen-bond acceptors (Lipinski definition) is 4. The molecule has 4 nitrogen and oxygen atoms in total. The molecular weight excluding hydrogens is 587 g/mol. The molecule has 0 amide bonds. The lowest BCUT2D eigenvalue weighted by Crippen LogP contribution is -2.60. The Morgan fingerprint density at radius 2 is 0.938 bits per heavy atom. The van der Waals surface area contributed by atoms with Crippen LogP contribution in [0.25, 0.3) is 0 Å². The van der Waals surface area contributed by atoms with Crippen LogP contribution in [0.4, 0.5) is 0 Å². The van der Waals surface area contributed by atoms with Crippen LogP contribution in [0.3, 0.4) is 0 Å². The molecule has 48 heavy (non-hydrogen) atoms. The first-order valence-electron chi connectivity index (χ1n) is 21.0. The Morgan fingerprint density at radius 1 is 0.542 bits per heavy atom. The predicted molar refractivity (Wildman–Crippen MR) is 215 cm³/mol. The first kappa shape index (κ1) is 44.8. The van der Waals surface area contributed by atoms with Crippen LogP contribution >= 0.6 is 0 Å². The smallest absolute Gasteiger partial charge is 0.122 e. The third-order valence-electron chi connectivity index (χ3n) is 10.2. The molecule has 1 heterocycles. The lowest BCUT2D eigenvalue weighted by molar-refractivity contribution is -0.00993. The predicted octanol–water partition coefficient (Wildman–Crippen LogP) is 11.9. The lowest BCUT2D eigenvalue weighted by Gasteiger charge is -2.41. The quantitative estimate of drug-likeness (QED) is 0.0414. The molecule has 1 fully saturated rings. The third-order valence-corrected chi connectivity index (χ3v) is 10.2. The molecule has 0 bridgehead atoms. The summed E-state index contributed by atoms with van der Waals surface area (Å²) in [4.78, 5) is 4.70. The van der Waals surface area contributed by atoms with Crippen molar-refractivity contribution in [1.82, 2.24) is 15.1 Å². The van der Waals surface area contributed by atoms with Crippen LogP contribution in [0, 0.1) is 0 Å².